The van der Waals surface area contributed by atoms with Crippen LogP contribution in [0.3, 0.4) is 0 Å². The molecule has 0 heterocycles. The van der Waals surface area contributed by atoms with Gasteiger partial charge in [-0.3, -0.25) is 0 Å². The fourth-order valence-corrected chi connectivity index (χ4v) is 1.54. The van der Waals surface area contributed by atoms with Crippen LogP contribution in [0, 0.1) is 11.8 Å². The molecule has 0 bridgehead atoms. The smallest absolute Gasteiger partial charge is 0.0189 e. The molecule has 0 radical (unpaired) electrons. The Hall–Kier alpha value is -0.0800. The summed E-state index contributed by atoms with van der Waals surface area (Å²) in [4.78, 5) is 2.46. The quantitative estimate of drug-likeness (QED) is 0.668. The predicted molar refractivity (Wildman–Crippen MR) is 69.3 cm³/mol. The number of rotatable bonds is 8. The molecule has 0 aliphatic carbocycles. The van der Waals surface area contributed by atoms with Gasteiger partial charge >= 0.3 is 0 Å². The minimum Gasteiger partial charge on any atom is -0.315 e. The second-order valence-corrected chi connectivity index (χ2v) is 5.35. The Balaban J connectivity index is 3.64. The maximum atomic E-state index is 3.52. The van der Waals surface area contributed by atoms with E-state index in [2.05, 4.69) is 51.9 Å². The standard InChI is InChI=1S/C13H30N2/c1-7-12(4)10-15(6)13(5)9-14-8-11(2)3/h11-14H,7-10H2,1-6H3. The molecule has 0 aliphatic heterocycles. The van der Waals surface area contributed by atoms with Crippen molar-refractivity contribution in [3.63, 3.8) is 0 Å². The van der Waals surface area contributed by atoms with Crippen LogP contribution >= 0.6 is 0 Å². The summed E-state index contributed by atoms with van der Waals surface area (Å²) in [5, 5.41) is 3.52. The largest absolute Gasteiger partial charge is 0.315 e. The molecule has 92 valence electrons. The summed E-state index contributed by atoms with van der Waals surface area (Å²) >= 11 is 0. The summed E-state index contributed by atoms with van der Waals surface area (Å²) < 4.78 is 0. The second kappa shape index (κ2) is 8.12. The SMILES string of the molecule is CCC(C)CN(C)C(C)CNCC(C)C. The second-order valence-electron chi connectivity index (χ2n) is 5.35. The first kappa shape index (κ1) is 14.9. The first-order valence-electron chi connectivity index (χ1n) is 6.38. The van der Waals surface area contributed by atoms with Gasteiger partial charge in [-0.2, -0.15) is 0 Å². The third kappa shape index (κ3) is 7.80. The maximum absolute atomic E-state index is 3.52. The first-order chi connectivity index (χ1) is 6.97. The van der Waals surface area contributed by atoms with Crippen LogP contribution in [0.25, 0.3) is 0 Å². The lowest BCUT2D eigenvalue weighted by Gasteiger charge is -2.27. The molecule has 1 N–H and O–H groups in total. The van der Waals surface area contributed by atoms with Crippen LogP contribution in [-0.2, 0) is 0 Å². The Morgan fingerprint density at radius 1 is 1.07 bits per heavy atom. The van der Waals surface area contributed by atoms with Crippen LogP contribution in [0.15, 0.2) is 0 Å². The van der Waals surface area contributed by atoms with Crippen molar-refractivity contribution in [2.24, 2.45) is 11.8 Å². The highest BCUT2D eigenvalue weighted by Gasteiger charge is 2.11. The average molecular weight is 214 g/mol. The molecule has 0 amide bonds. The fraction of sp³-hybridized carbons (Fsp3) is 1.00. The molecule has 2 nitrogen and oxygen atoms in total. The van der Waals surface area contributed by atoms with E-state index in [-0.39, 0.29) is 0 Å². The molecule has 15 heavy (non-hydrogen) atoms. The van der Waals surface area contributed by atoms with Crippen molar-refractivity contribution in [1.82, 2.24) is 10.2 Å². The van der Waals surface area contributed by atoms with Crippen molar-refractivity contribution in [2.75, 3.05) is 26.7 Å². The third-order valence-corrected chi connectivity index (χ3v) is 3.04. The van der Waals surface area contributed by atoms with Gasteiger partial charge in [-0.05, 0) is 32.4 Å². The summed E-state index contributed by atoms with van der Waals surface area (Å²) in [7, 11) is 2.23. The Morgan fingerprint density at radius 3 is 2.13 bits per heavy atom. The molecular weight excluding hydrogens is 184 g/mol. The number of hydrogen-bond acceptors (Lipinski definition) is 2. The van der Waals surface area contributed by atoms with E-state index in [0.717, 1.165) is 24.9 Å². The topological polar surface area (TPSA) is 15.3 Å². The summed E-state index contributed by atoms with van der Waals surface area (Å²) in [6, 6.07) is 0.637. The predicted octanol–water partition coefficient (Wildman–Crippen LogP) is 2.60. The number of nitrogens with one attached hydrogen (secondary N) is 1. The van der Waals surface area contributed by atoms with Crippen LogP contribution in [-0.4, -0.2) is 37.6 Å². The molecule has 0 aromatic carbocycles. The minimum atomic E-state index is 0.637. The van der Waals surface area contributed by atoms with Gasteiger partial charge in [0.05, 0.1) is 0 Å². The van der Waals surface area contributed by atoms with E-state index in [4.69, 9.17) is 0 Å². The van der Waals surface area contributed by atoms with Crippen LogP contribution < -0.4 is 5.32 Å². The highest BCUT2D eigenvalue weighted by Crippen LogP contribution is 2.05. The number of hydrogen-bond donors (Lipinski definition) is 1. The number of likely N-dealkylation sites (N-methyl/N-ethyl adjacent to an activating group) is 1. The Kier molecular flexibility index (Phi) is 8.07. The summed E-state index contributed by atoms with van der Waals surface area (Å²) in [5.41, 5.74) is 0. The highest BCUT2D eigenvalue weighted by atomic mass is 15.1. The average Bonchev–Trinajstić information content (AvgIpc) is 2.16. The van der Waals surface area contributed by atoms with Gasteiger partial charge in [0.2, 0.25) is 0 Å². The lowest BCUT2D eigenvalue weighted by atomic mass is 10.1. The van der Waals surface area contributed by atoms with E-state index < -0.39 is 0 Å². The molecule has 0 saturated carbocycles. The zero-order chi connectivity index (χ0) is 11.8. The zero-order valence-corrected chi connectivity index (χ0v) is 11.5. The van der Waals surface area contributed by atoms with E-state index in [1.165, 1.54) is 13.0 Å². The molecule has 2 atom stereocenters. The van der Waals surface area contributed by atoms with E-state index in [9.17, 15) is 0 Å². The molecule has 0 aromatic heterocycles. The minimum absolute atomic E-state index is 0.637. The van der Waals surface area contributed by atoms with Crippen LogP contribution in [0.5, 0.6) is 0 Å². The summed E-state index contributed by atoms with van der Waals surface area (Å²) in [6.07, 6.45) is 1.27. The van der Waals surface area contributed by atoms with Gasteiger partial charge in [-0.1, -0.05) is 34.1 Å². The molecule has 0 rings (SSSR count). The molecule has 2 heteroatoms. The molecule has 2 unspecified atom stereocenters. The van der Waals surface area contributed by atoms with Crippen molar-refractivity contribution < 1.29 is 0 Å². The molecule has 0 fully saturated rings. The normalized spacial score (nSPS) is 16.0. The van der Waals surface area contributed by atoms with E-state index >= 15 is 0 Å². The van der Waals surface area contributed by atoms with Gasteiger partial charge < -0.3 is 10.2 Å². The molecular formula is C13H30N2. The van der Waals surface area contributed by atoms with E-state index in [0.29, 0.717) is 6.04 Å². The third-order valence-electron chi connectivity index (χ3n) is 3.04. The highest BCUT2D eigenvalue weighted by molar-refractivity contribution is 4.68. The fourth-order valence-electron chi connectivity index (χ4n) is 1.54. The Labute approximate surface area is 96.4 Å². The lowest BCUT2D eigenvalue weighted by molar-refractivity contribution is 0.216. The van der Waals surface area contributed by atoms with Gasteiger partial charge in [0, 0.05) is 19.1 Å². The van der Waals surface area contributed by atoms with E-state index in [1.54, 1.807) is 0 Å². The van der Waals surface area contributed by atoms with Gasteiger partial charge in [-0.15, -0.1) is 0 Å². The maximum Gasteiger partial charge on any atom is 0.0189 e. The Bertz CT molecular complexity index is 145. The Morgan fingerprint density at radius 2 is 1.67 bits per heavy atom. The van der Waals surface area contributed by atoms with Crippen LogP contribution in [0.2, 0.25) is 0 Å². The zero-order valence-electron chi connectivity index (χ0n) is 11.5. The number of nitrogens with zero attached hydrogens (tertiary/aromatic N) is 1. The summed E-state index contributed by atoms with van der Waals surface area (Å²) in [6.45, 7) is 14.8. The van der Waals surface area contributed by atoms with Gasteiger partial charge in [0.15, 0.2) is 0 Å². The van der Waals surface area contributed by atoms with Gasteiger partial charge in [0.25, 0.3) is 0 Å². The molecule has 0 aromatic rings. The lowest BCUT2D eigenvalue weighted by Crippen LogP contribution is -2.40. The van der Waals surface area contributed by atoms with Crippen LogP contribution in [0.4, 0.5) is 0 Å². The van der Waals surface area contributed by atoms with Crippen molar-refractivity contribution in [1.29, 1.82) is 0 Å². The van der Waals surface area contributed by atoms with Crippen LogP contribution in [0.1, 0.15) is 41.0 Å². The van der Waals surface area contributed by atoms with Gasteiger partial charge in [-0.25, -0.2) is 0 Å². The monoisotopic (exact) mass is 214 g/mol. The molecule has 0 saturated heterocycles. The van der Waals surface area contributed by atoms with Crippen molar-refractivity contribution in [2.45, 2.75) is 47.1 Å². The van der Waals surface area contributed by atoms with Crippen molar-refractivity contribution in [3.8, 4) is 0 Å². The molecule has 0 spiro atoms. The summed E-state index contributed by atoms with van der Waals surface area (Å²) in [5.74, 6) is 1.56. The van der Waals surface area contributed by atoms with Crippen molar-refractivity contribution in [3.05, 3.63) is 0 Å². The van der Waals surface area contributed by atoms with Crippen molar-refractivity contribution >= 4 is 0 Å². The van der Waals surface area contributed by atoms with E-state index in [1.807, 2.05) is 0 Å². The molecule has 0 aliphatic rings. The first-order valence-corrected chi connectivity index (χ1v) is 6.38. The van der Waals surface area contributed by atoms with Gasteiger partial charge in [0.1, 0.15) is 0 Å².